The summed E-state index contributed by atoms with van der Waals surface area (Å²) in [5.74, 6) is 1.36. The average molecular weight is 360 g/mol. The van der Waals surface area contributed by atoms with Gasteiger partial charge in [0.1, 0.15) is 11.5 Å². The molecule has 1 unspecified atom stereocenters. The summed E-state index contributed by atoms with van der Waals surface area (Å²) >= 11 is 0. The molecular weight excluding hydrogens is 338 g/mol. The lowest BCUT2D eigenvalue weighted by atomic mass is 9.86. The molecule has 0 aromatic heterocycles. The highest BCUT2D eigenvalue weighted by atomic mass is 35.7. The van der Waals surface area contributed by atoms with Gasteiger partial charge in [0.25, 0.3) is 0 Å². The van der Waals surface area contributed by atoms with E-state index in [1.165, 1.54) is 11.1 Å². The second-order valence-electron chi connectivity index (χ2n) is 6.04. The van der Waals surface area contributed by atoms with Crippen molar-refractivity contribution in [3.05, 3.63) is 29.3 Å². The summed E-state index contributed by atoms with van der Waals surface area (Å²) in [5.41, 5.74) is 2.84. The van der Waals surface area contributed by atoms with E-state index in [-0.39, 0.29) is 0 Å². The molecule has 0 spiro atoms. The summed E-state index contributed by atoms with van der Waals surface area (Å²) < 4.78 is 38.0. The summed E-state index contributed by atoms with van der Waals surface area (Å²) in [6.07, 6.45) is 5.14. The van der Waals surface area contributed by atoms with Gasteiger partial charge in [-0.3, -0.25) is 9.69 Å². The van der Waals surface area contributed by atoms with Crippen LogP contribution in [0.3, 0.4) is 0 Å². The second-order valence-corrected chi connectivity index (χ2v) is 6.83. The van der Waals surface area contributed by atoms with Gasteiger partial charge in [0, 0.05) is 12.5 Å². The summed E-state index contributed by atoms with van der Waals surface area (Å²) in [4.78, 5) is 14.0. The molecule has 1 fully saturated rings. The number of hydrogen-bond acceptors (Lipinski definition) is 7. The number of piperidine rings is 1. The number of hydrogen-bond donors (Lipinski definition) is 1. The number of halogens is 1. The Kier molecular flexibility index (Phi) is 6.56. The number of aryl methyl sites for hydroxylation is 1. The first kappa shape index (κ1) is 19.1. The van der Waals surface area contributed by atoms with E-state index in [0.717, 1.165) is 44.4 Å². The van der Waals surface area contributed by atoms with Gasteiger partial charge in [-0.25, -0.2) is 0 Å². The minimum absolute atomic E-state index is 0.409. The summed E-state index contributed by atoms with van der Waals surface area (Å²) in [6, 6.07) is 6.94. The predicted octanol–water partition coefficient (Wildman–Crippen LogP) is -1.91. The molecule has 0 saturated carbocycles. The van der Waals surface area contributed by atoms with Gasteiger partial charge < -0.3 is 4.74 Å². The summed E-state index contributed by atoms with van der Waals surface area (Å²) in [7, 11) is -2.98. The number of benzene rings is 1. The van der Waals surface area contributed by atoms with Crippen LogP contribution in [-0.4, -0.2) is 41.6 Å². The van der Waals surface area contributed by atoms with Crippen LogP contribution in [0.2, 0.25) is 0 Å². The van der Waals surface area contributed by atoms with Crippen LogP contribution in [0, 0.1) is 10.2 Å². The van der Waals surface area contributed by atoms with Gasteiger partial charge in [-0.15, -0.1) is 0 Å². The molecule has 0 bridgehead atoms. The van der Waals surface area contributed by atoms with E-state index in [4.69, 9.17) is 23.4 Å². The van der Waals surface area contributed by atoms with Crippen molar-refractivity contribution in [3.63, 3.8) is 0 Å². The first-order valence-corrected chi connectivity index (χ1v) is 9.07. The Bertz CT molecular complexity index is 568. The highest BCUT2D eigenvalue weighted by Gasteiger charge is 2.27. The van der Waals surface area contributed by atoms with Gasteiger partial charge in [-0.05, 0) is 55.5 Å². The normalized spacial score (nSPS) is 21.5. The van der Waals surface area contributed by atoms with Crippen LogP contribution >= 0.6 is 0 Å². The van der Waals surface area contributed by atoms with Gasteiger partial charge in [-0.2, -0.15) is 14.0 Å². The minimum atomic E-state index is -4.69. The van der Waals surface area contributed by atoms with Gasteiger partial charge in [0.2, 0.25) is 0 Å². The van der Waals surface area contributed by atoms with Gasteiger partial charge in [0.15, 0.2) is 0 Å². The largest absolute Gasteiger partial charge is 0.497 e. The van der Waals surface area contributed by atoms with Gasteiger partial charge in [0.05, 0.1) is 28.6 Å². The Balaban J connectivity index is 0.000000368. The molecule has 2 aliphatic rings. The van der Waals surface area contributed by atoms with E-state index < -0.39 is 10.2 Å². The van der Waals surface area contributed by atoms with Crippen molar-refractivity contribution in [3.8, 4) is 5.75 Å². The van der Waals surface area contributed by atoms with Crippen LogP contribution < -0.4 is 18.7 Å². The molecule has 7 nitrogen and oxygen atoms in total. The number of methoxy groups -OCH3 is 1. The average Bonchev–Trinajstić information content (AvgIpc) is 2.52. The fourth-order valence-corrected chi connectivity index (χ4v) is 3.33. The monoisotopic (exact) mass is 359 g/mol. The molecule has 134 valence electrons. The zero-order valence-corrected chi connectivity index (χ0v) is 14.3. The number of carbonyl (C=O) groups is 1. The lowest BCUT2D eigenvalue weighted by molar-refractivity contribution is -1.92. The molecule has 1 atom stereocenters. The topological polar surface area (TPSA) is 119 Å². The molecule has 1 aromatic rings. The van der Waals surface area contributed by atoms with Crippen molar-refractivity contribution in [1.29, 1.82) is 0 Å². The molecule has 1 aromatic carbocycles. The molecule has 1 N–H and O–H groups in total. The van der Waals surface area contributed by atoms with E-state index in [9.17, 15) is 4.79 Å². The maximum atomic E-state index is 11.6. The zero-order valence-electron chi connectivity index (χ0n) is 13.6. The number of ether oxygens (including phenoxy) is 1. The van der Waals surface area contributed by atoms with Crippen molar-refractivity contribution in [2.24, 2.45) is 0 Å². The number of rotatable bonds is 2. The number of likely N-dealkylation sites (tertiary alicyclic amines) is 1. The highest BCUT2D eigenvalue weighted by Crippen LogP contribution is 2.28. The fraction of sp³-hybridized carbons (Fsp3) is 0.562. The number of ketones is 1. The van der Waals surface area contributed by atoms with E-state index in [1.807, 2.05) is 6.07 Å². The summed E-state index contributed by atoms with van der Waals surface area (Å²) in [5, 5.41) is 0. The molecular formula is C16H22ClNO6. The van der Waals surface area contributed by atoms with E-state index in [2.05, 4.69) is 17.0 Å². The van der Waals surface area contributed by atoms with Crippen LogP contribution in [-0.2, 0) is 17.6 Å². The first-order valence-electron chi connectivity index (χ1n) is 7.81. The van der Waals surface area contributed by atoms with Crippen LogP contribution in [0.4, 0.5) is 0 Å². The zero-order chi connectivity index (χ0) is 17.7. The SMILES string of the molecule is COc1ccc2c(c1)CCC(N1CCCC(=O)C1)C2.[O-][Cl+3]([O-])([O-])O. The summed E-state index contributed by atoms with van der Waals surface area (Å²) in [6.45, 7) is 1.75. The van der Waals surface area contributed by atoms with Crippen LogP contribution in [0.25, 0.3) is 0 Å². The third-order valence-electron chi connectivity index (χ3n) is 4.41. The van der Waals surface area contributed by atoms with Crippen LogP contribution in [0.15, 0.2) is 18.2 Å². The maximum absolute atomic E-state index is 11.6. The third kappa shape index (κ3) is 6.01. The van der Waals surface area contributed by atoms with Crippen molar-refractivity contribution < 1.29 is 38.4 Å². The molecule has 0 radical (unpaired) electrons. The Morgan fingerprint density at radius 3 is 2.58 bits per heavy atom. The lowest BCUT2D eigenvalue weighted by Crippen LogP contribution is -2.58. The van der Waals surface area contributed by atoms with Crippen LogP contribution in [0.1, 0.15) is 30.4 Å². The quantitative estimate of drug-likeness (QED) is 0.654. The highest BCUT2D eigenvalue weighted by molar-refractivity contribution is 5.81. The molecule has 0 amide bonds. The maximum Gasteiger partial charge on any atom is 0.146 e. The smallest absolute Gasteiger partial charge is 0.146 e. The Labute approximate surface area is 143 Å². The van der Waals surface area contributed by atoms with Gasteiger partial charge in [-0.1, -0.05) is 6.07 Å². The molecule has 1 saturated heterocycles. The predicted molar refractivity (Wildman–Crippen MR) is 76.8 cm³/mol. The fourth-order valence-electron chi connectivity index (χ4n) is 3.33. The van der Waals surface area contributed by atoms with Crippen molar-refractivity contribution in [1.82, 2.24) is 4.90 Å². The minimum Gasteiger partial charge on any atom is -0.497 e. The van der Waals surface area contributed by atoms with Crippen LogP contribution in [0.5, 0.6) is 5.75 Å². The van der Waals surface area contributed by atoms with Crippen molar-refractivity contribution in [2.45, 2.75) is 38.1 Å². The Hall–Kier alpha value is -1.22. The third-order valence-corrected chi connectivity index (χ3v) is 4.41. The molecule has 24 heavy (non-hydrogen) atoms. The Morgan fingerprint density at radius 1 is 1.25 bits per heavy atom. The van der Waals surface area contributed by atoms with E-state index >= 15 is 0 Å². The number of Topliss-reactive ketones (excluding diaryl/α,β-unsaturated/α-hetero) is 1. The number of nitrogens with zero attached hydrogens (tertiary/aromatic N) is 1. The van der Waals surface area contributed by atoms with Crippen molar-refractivity contribution in [2.75, 3.05) is 20.2 Å². The molecule has 8 heteroatoms. The molecule has 1 aliphatic heterocycles. The second kappa shape index (κ2) is 8.24. The van der Waals surface area contributed by atoms with E-state index in [1.54, 1.807) is 7.11 Å². The number of carbonyl (C=O) groups excluding carboxylic acids is 1. The standard InChI is InChI=1S/C16H21NO2.ClHO4/c1-19-16-7-5-12-9-14(6-4-13(12)10-16)17-8-2-3-15(18)11-17;2-1(3,4)5/h5,7,10,14H,2-4,6,8-9,11H2,1H3;(H,2,3,4,5). The van der Waals surface area contributed by atoms with Gasteiger partial charge >= 0.3 is 0 Å². The molecule has 1 heterocycles. The van der Waals surface area contributed by atoms with E-state index in [0.29, 0.717) is 18.4 Å². The molecule has 3 rings (SSSR count). The lowest BCUT2D eigenvalue weighted by Gasteiger charge is -2.36. The number of fused-ring (bicyclic) bond motifs is 1. The first-order chi connectivity index (χ1) is 11.3. The molecule has 1 aliphatic carbocycles. The Morgan fingerprint density at radius 2 is 1.96 bits per heavy atom. The van der Waals surface area contributed by atoms with Crippen molar-refractivity contribution >= 4 is 5.78 Å².